The molecule has 1 aliphatic rings. The Morgan fingerprint density at radius 1 is 1.53 bits per heavy atom. The summed E-state index contributed by atoms with van der Waals surface area (Å²) in [5.74, 6) is 0.304. The standard InChI is InChI=1S/C13H19N3O/c1-15-8-10-6-7-16(9-10)12-5-3-2-4-11(12)13(14)17/h2-5,10,15H,6-9H2,1H3,(H2,14,17). The lowest BCUT2D eigenvalue weighted by Gasteiger charge is -2.21. The van der Waals surface area contributed by atoms with Gasteiger partial charge in [-0.15, -0.1) is 0 Å². The fourth-order valence-corrected chi connectivity index (χ4v) is 2.46. The Kier molecular flexibility index (Phi) is 3.64. The van der Waals surface area contributed by atoms with Crippen LogP contribution in [0.15, 0.2) is 24.3 Å². The predicted octanol–water partition coefficient (Wildman–Crippen LogP) is 0.831. The molecule has 1 aromatic rings. The fourth-order valence-electron chi connectivity index (χ4n) is 2.46. The van der Waals surface area contributed by atoms with Crippen LogP contribution < -0.4 is 16.0 Å². The SMILES string of the molecule is CNCC1CCN(c2ccccc2C(N)=O)C1. The Morgan fingerprint density at radius 2 is 2.29 bits per heavy atom. The molecule has 92 valence electrons. The van der Waals surface area contributed by atoms with Crippen LogP contribution in [0.5, 0.6) is 0 Å². The maximum absolute atomic E-state index is 11.4. The van der Waals surface area contributed by atoms with Gasteiger partial charge in [0.15, 0.2) is 0 Å². The van der Waals surface area contributed by atoms with Crippen molar-refractivity contribution >= 4 is 11.6 Å². The van der Waals surface area contributed by atoms with Gasteiger partial charge in [-0.3, -0.25) is 4.79 Å². The van der Waals surface area contributed by atoms with Crippen LogP contribution in [0.2, 0.25) is 0 Å². The van der Waals surface area contributed by atoms with Crippen LogP contribution in [-0.4, -0.2) is 32.6 Å². The van der Waals surface area contributed by atoms with Crippen molar-refractivity contribution < 1.29 is 4.79 Å². The molecule has 17 heavy (non-hydrogen) atoms. The number of nitrogens with zero attached hydrogens (tertiary/aromatic N) is 1. The summed E-state index contributed by atoms with van der Waals surface area (Å²) in [4.78, 5) is 13.6. The van der Waals surface area contributed by atoms with Crippen LogP contribution in [0.1, 0.15) is 16.8 Å². The van der Waals surface area contributed by atoms with Crippen molar-refractivity contribution in [3.8, 4) is 0 Å². The molecule has 0 aliphatic carbocycles. The lowest BCUT2D eigenvalue weighted by atomic mass is 10.1. The first-order valence-electron chi connectivity index (χ1n) is 6.00. The van der Waals surface area contributed by atoms with Crippen LogP contribution in [0.3, 0.4) is 0 Å². The van der Waals surface area contributed by atoms with E-state index in [1.807, 2.05) is 25.2 Å². The molecule has 1 aromatic carbocycles. The molecule has 0 saturated carbocycles. The molecule has 1 saturated heterocycles. The molecule has 0 aromatic heterocycles. The second-order valence-corrected chi connectivity index (χ2v) is 4.54. The first-order valence-corrected chi connectivity index (χ1v) is 6.00. The summed E-state index contributed by atoms with van der Waals surface area (Å²) < 4.78 is 0. The number of carbonyl (C=O) groups is 1. The average molecular weight is 233 g/mol. The van der Waals surface area contributed by atoms with E-state index in [0.717, 1.165) is 31.7 Å². The van der Waals surface area contributed by atoms with E-state index in [4.69, 9.17) is 5.73 Å². The van der Waals surface area contributed by atoms with Crippen molar-refractivity contribution in [3.63, 3.8) is 0 Å². The van der Waals surface area contributed by atoms with E-state index in [2.05, 4.69) is 10.2 Å². The lowest BCUT2D eigenvalue weighted by Crippen LogP contribution is -2.26. The van der Waals surface area contributed by atoms with Gasteiger partial charge in [-0.05, 0) is 38.1 Å². The maximum Gasteiger partial charge on any atom is 0.250 e. The number of hydrogen-bond acceptors (Lipinski definition) is 3. The number of amides is 1. The van der Waals surface area contributed by atoms with Gasteiger partial charge in [-0.2, -0.15) is 0 Å². The number of nitrogens with one attached hydrogen (secondary N) is 1. The summed E-state index contributed by atoms with van der Waals surface area (Å²) in [6.07, 6.45) is 1.16. The smallest absolute Gasteiger partial charge is 0.250 e. The molecule has 3 N–H and O–H groups in total. The summed E-state index contributed by atoms with van der Waals surface area (Å²) in [7, 11) is 1.97. The minimum Gasteiger partial charge on any atom is -0.371 e. The van der Waals surface area contributed by atoms with Gasteiger partial charge in [0, 0.05) is 18.8 Å². The Morgan fingerprint density at radius 3 is 3.00 bits per heavy atom. The maximum atomic E-state index is 11.4. The molecule has 4 heteroatoms. The fraction of sp³-hybridized carbons (Fsp3) is 0.462. The first-order chi connectivity index (χ1) is 8.22. The molecule has 0 radical (unpaired) electrons. The third kappa shape index (κ3) is 2.58. The number of hydrogen-bond donors (Lipinski definition) is 2. The first kappa shape index (κ1) is 11.9. The van der Waals surface area contributed by atoms with Gasteiger partial charge in [-0.1, -0.05) is 12.1 Å². The number of benzene rings is 1. The Bertz CT molecular complexity index is 405. The number of nitrogens with two attached hydrogens (primary N) is 1. The van der Waals surface area contributed by atoms with Gasteiger partial charge in [0.2, 0.25) is 0 Å². The number of carbonyl (C=O) groups excluding carboxylic acids is 1. The van der Waals surface area contributed by atoms with Crippen molar-refractivity contribution in [3.05, 3.63) is 29.8 Å². The minimum atomic E-state index is -0.349. The molecule has 0 bridgehead atoms. The summed E-state index contributed by atoms with van der Waals surface area (Å²) in [5, 5.41) is 3.20. The van der Waals surface area contributed by atoms with Crippen LogP contribution >= 0.6 is 0 Å². The monoisotopic (exact) mass is 233 g/mol. The number of para-hydroxylation sites is 1. The van der Waals surface area contributed by atoms with Crippen molar-refractivity contribution in [2.45, 2.75) is 6.42 Å². The molecule has 1 atom stereocenters. The molecule has 1 unspecified atom stereocenters. The van der Waals surface area contributed by atoms with Crippen molar-refractivity contribution in [2.24, 2.45) is 11.7 Å². The number of rotatable bonds is 4. The van der Waals surface area contributed by atoms with Crippen molar-refractivity contribution in [1.82, 2.24) is 5.32 Å². The zero-order valence-corrected chi connectivity index (χ0v) is 10.1. The van der Waals surface area contributed by atoms with Gasteiger partial charge < -0.3 is 16.0 Å². The van der Waals surface area contributed by atoms with Gasteiger partial charge >= 0.3 is 0 Å². The highest BCUT2D eigenvalue weighted by molar-refractivity contribution is 5.98. The predicted molar refractivity (Wildman–Crippen MR) is 69.2 cm³/mol. The van der Waals surface area contributed by atoms with E-state index in [9.17, 15) is 4.79 Å². The highest BCUT2D eigenvalue weighted by Crippen LogP contribution is 2.26. The third-order valence-electron chi connectivity index (χ3n) is 3.29. The zero-order chi connectivity index (χ0) is 12.3. The van der Waals surface area contributed by atoms with E-state index < -0.39 is 0 Å². The Labute approximate surface area is 102 Å². The van der Waals surface area contributed by atoms with Crippen molar-refractivity contribution in [2.75, 3.05) is 31.6 Å². The normalized spacial score (nSPS) is 19.6. The van der Waals surface area contributed by atoms with E-state index in [0.29, 0.717) is 11.5 Å². The van der Waals surface area contributed by atoms with Gasteiger partial charge in [0.1, 0.15) is 0 Å². The summed E-state index contributed by atoms with van der Waals surface area (Å²) >= 11 is 0. The number of anilines is 1. The second kappa shape index (κ2) is 5.19. The zero-order valence-electron chi connectivity index (χ0n) is 10.1. The molecule has 1 amide bonds. The molecule has 1 fully saturated rings. The Hall–Kier alpha value is -1.55. The highest BCUT2D eigenvalue weighted by atomic mass is 16.1. The van der Waals surface area contributed by atoms with E-state index in [1.54, 1.807) is 6.07 Å². The number of primary amides is 1. The summed E-state index contributed by atoms with van der Waals surface area (Å²) in [6.45, 7) is 3.01. The molecular weight excluding hydrogens is 214 g/mol. The van der Waals surface area contributed by atoms with Crippen LogP contribution in [-0.2, 0) is 0 Å². The molecule has 1 aliphatic heterocycles. The summed E-state index contributed by atoms with van der Waals surface area (Å²) in [6, 6.07) is 7.57. The molecule has 4 nitrogen and oxygen atoms in total. The van der Waals surface area contributed by atoms with Crippen LogP contribution in [0, 0.1) is 5.92 Å². The second-order valence-electron chi connectivity index (χ2n) is 4.54. The quantitative estimate of drug-likeness (QED) is 0.810. The highest BCUT2D eigenvalue weighted by Gasteiger charge is 2.24. The van der Waals surface area contributed by atoms with Gasteiger partial charge in [0.05, 0.1) is 5.56 Å². The molecule has 0 spiro atoms. The van der Waals surface area contributed by atoms with Crippen LogP contribution in [0.4, 0.5) is 5.69 Å². The minimum absolute atomic E-state index is 0.349. The van der Waals surface area contributed by atoms with Gasteiger partial charge in [0.25, 0.3) is 5.91 Å². The van der Waals surface area contributed by atoms with E-state index in [-0.39, 0.29) is 5.91 Å². The third-order valence-corrected chi connectivity index (χ3v) is 3.29. The largest absolute Gasteiger partial charge is 0.371 e. The Balaban J connectivity index is 2.16. The summed E-state index contributed by atoms with van der Waals surface area (Å²) in [5.41, 5.74) is 6.99. The lowest BCUT2D eigenvalue weighted by molar-refractivity contribution is 0.100. The topological polar surface area (TPSA) is 58.4 Å². The van der Waals surface area contributed by atoms with Crippen LogP contribution in [0.25, 0.3) is 0 Å². The molecular formula is C13H19N3O. The van der Waals surface area contributed by atoms with Crippen molar-refractivity contribution in [1.29, 1.82) is 0 Å². The van der Waals surface area contributed by atoms with E-state index >= 15 is 0 Å². The van der Waals surface area contributed by atoms with E-state index in [1.165, 1.54) is 0 Å². The molecule has 2 rings (SSSR count). The molecule has 1 heterocycles. The average Bonchev–Trinajstić information content (AvgIpc) is 2.78. The van der Waals surface area contributed by atoms with Gasteiger partial charge in [-0.25, -0.2) is 0 Å².